The average molecular weight is 430 g/mol. The van der Waals surface area contributed by atoms with Crippen LogP contribution < -0.4 is 5.32 Å². The van der Waals surface area contributed by atoms with Gasteiger partial charge in [-0.15, -0.1) is 10.2 Å². The molecule has 1 aromatic heterocycles. The summed E-state index contributed by atoms with van der Waals surface area (Å²) in [6, 6.07) is 1.77. The smallest absolute Gasteiger partial charge is 0.233 e. The fourth-order valence-corrected chi connectivity index (χ4v) is 6.12. The predicted octanol–water partition coefficient (Wildman–Crippen LogP) is 4.26. The molecule has 1 saturated carbocycles. The number of rotatable bonds is 5. The predicted molar refractivity (Wildman–Crippen MR) is 117 cm³/mol. The summed E-state index contributed by atoms with van der Waals surface area (Å²) in [6.07, 6.45) is 4.66. The number of hydrogen-bond acceptors (Lipinski definition) is 7. The fraction of sp³-hybridized carbons (Fsp3) is 0.667. The van der Waals surface area contributed by atoms with Gasteiger partial charge in [-0.3, -0.25) is 5.32 Å². The Hall–Kier alpha value is -2.12. The maximum absolute atomic E-state index is 11.3. The Morgan fingerprint density at radius 1 is 1.16 bits per heavy atom. The molecule has 4 N–H and O–H groups in total. The zero-order chi connectivity index (χ0) is 22.6. The summed E-state index contributed by atoms with van der Waals surface area (Å²) in [5, 5.41) is 43.1. The summed E-state index contributed by atoms with van der Waals surface area (Å²) in [7, 11) is 0. The van der Waals surface area contributed by atoms with Crippen LogP contribution >= 0.6 is 0 Å². The van der Waals surface area contributed by atoms with Crippen LogP contribution in [0.4, 0.5) is 0 Å². The molecule has 0 radical (unpaired) electrons. The van der Waals surface area contributed by atoms with Crippen LogP contribution in [-0.4, -0.2) is 32.2 Å². The average Bonchev–Trinajstić information content (AvgIpc) is 3.20. The van der Waals surface area contributed by atoms with E-state index in [0.717, 1.165) is 48.8 Å². The maximum atomic E-state index is 11.3. The number of aryl methyl sites for hydroxylation is 1. The van der Waals surface area contributed by atoms with Crippen LogP contribution in [0, 0.1) is 11.3 Å². The first-order valence-corrected chi connectivity index (χ1v) is 11.4. The molecule has 1 heterocycles. The second-order valence-corrected chi connectivity index (χ2v) is 10.3. The number of aliphatic hydroxyl groups is 1. The molecule has 1 fully saturated rings. The first kappa shape index (κ1) is 22.1. The quantitative estimate of drug-likeness (QED) is 0.415. The van der Waals surface area contributed by atoms with Crippen molar-refractivity contribution in [1.29, 1.82) is 0 Å². The van der Waals surface area contributed by atoms with Gasteiger partial charge in [0.1, 0.15) is 0 Å². The zero-order valence-electron chi connectivity index (χ0n) is 19.2. The van der Waals surface area contributed by atoms with E-state index in [4.69, 9.17) is 4.42 Å². The molecule has 0 saturated heterocycles. The third-order valence-electron chi connectivity index (χ3n) is 7.68. The standard InChI is InChI=1S/C24H35N3O4/c1-13(2)16-11-15-7-8-17-23(4,5)9-6-10-24(17,18(15)20(30)19(16)29)22-27-26-21(31-22)14(3)25-12-28/h11,13-14,17,25,28-30H,6-10,12H2,1-5H3/t14-,17-,24+/m0/s1. The first-order valence-electron chi connectivity index (χ1n) is 11.4. The highest BCUT2D eigenvalue weighted by molar-refractivity contribution is 5.61. The van der Waals surface area contributed by atoms with E-state index in [1.165, 1.54) is 0 Å². The van der Waals surface area contributed by atoms with Crippen LogP contribution in [0.1, 0.15) is 101 Å². The van der Waals surface area contributed by atoms with Crippen molar-refractivity contribution in [3.05, 3.63) is 34.5 Å². The van der Waals surface area contributed by atoms with Crippen molar-refractivity contribution in [2.75, 3.05) is 6.73 Å². The van der Waals surface area contributed by atoms with Crippen LogP contribution in [0.15, 0.2) is 10.5 Å². The highest BCUT2D eigenvalue weighted by atomic mass is 16.4. The van der Waals surface area contributed by atoms with E-state index in [0.29, 0.717) is 11.8 Å². The Morgan fingerprint density at radius 3 is 2.58 bits per heavy atom. The largest absolute Gasteiger partial charge is 0.504 e. The molecule has 7 nitrogen and oxygen atoms in total. The minimum atomic E-state index is -0.642. The Kier molecular flexibility index (Phi) is 5.54. The van der Waals surface area contributed by atoms with Gasteiger partial charge in [0.05, 0.1) is 18.2 Å². The minimum absolute atomic E-state index is 0.0261. The van der Waals surface area contributed by atoms with Crippen LogP contribution in [0.3, 0.4) is 0 Å². The van der Waals surface area contributed by atoms with E-state index in [1.807, 2.05) is 20.8 Å². The van der Waals surface area contributed by atoms with E-state index in [1.54, 1.807) is 0 Å². The molecule has 2 aromatic rings. The number of aromatic hydroxyl groups is 2. The molecule has 0 unspecified atom stereocenters. The lowest BCUT2D eigenvalue weighted by Crippen LogP contribution is -2.50. The van der Waals surface area contributed by atoms with Crippen molar-refractivity contribution in [3.63, 3.8) is 0 Å². The van der Waals surface area contributed by atoms with Gasteiger partial charge in [-0.1, -0.05) is 40.2 Å². The van der Waals surface area contributed by atoms with E-state index in [9.17, 15) is 15.3 Å². The second-order valence-electron chi connectivity index (χ2n) is 10.3. The van der Waals surface area contributed by atoms with Crippen molar-refractivity contribution < 1.29 is 19.7 Å². The van der Waals surface area contributed by atoms with Crippen LogP contribution in [-0.2, 0) is 11.8 Å². The summed E-state index contributed by atoms with van der Waals surface area (Å²) in [4.78, 5) is 0. The molecule has 1 aromatic carbocycles. The summed E-state index contributed by atoms with van der Waals surface area (Å²) in [5.41, 5.74) is 1.98. The van der Waals surface area contributed by atoms with Gasteiger partial charge in [0.15, 0.2) is 11.5 Å². The molecule has 2 aliphatic carbocycles. The van der Waals surface area contributed by atoms with Gasteiger partial charge in [-0.05, 0) is 55.4 Å². The lowest BCUT2D eigenvalue weighted by molar-refractivity contribution is 0.0351. The zero-order valence-corrected chi connectivity index (χ0v) is 19.2. The van der Waals surface area contributed by atoms with Crippen LogP contribution in [0.2, 0.25) is 0 Å². The third-order valence-corrected chi connectivity index (χ3v) is 7.68. The molecule has 2 aliphatic rings. The highest BCUT2D eigenvalue weighted by Gasteiger charge is 2.58. The number of nitrogens with zero attached hydrogens (tertiary/aromatic N) is 2. The van der Waals surface area contributed by atoms with Gasteiger partial charge in [-0.25, -0.2) is 0 Å². The van der Waals surface area contributed by atoms with Gasteiger partial charge < -0.3 is 19.7 Å². The summed E-state index contributed by atoms with van der Waals surface area (Å²) in [6.45, 7) is 10.3. The molecule has 4 rings (SSSR count). The molecule has 0 bridgehead atoms. The molecular weight excluding hydrogens is 394 g/mol. The fourth-order valence-electron chi connectivity index (χ4n) is 6.12. The van der Waals surface area contributed by atoms with Crippen molar-refractivity contribution in [2.24, 2.45) is 11.3 Å². The monoisotopic (exact) mass is 429 g/mol. The van der Waals surface area contributed by atoms with Gasteiger partial charge in [0.25, 0.3) is 0 Å². The molecule has 0 spiro atoms. The lowest BCUT2D eigenvalue weighted by Gasteiger charge is -2.54. The van der Waals surface area contributed by atoms with E-state index < -0.39 is 5.41 Å². The summed E-state index contributed by atoms with van der Waals surface area (Å²) in [5.74, 6) is 1.14. The van der Waals surface area contributed by atoms with Crippen molar-refractivity contribution in [2.45, 2.75) is 84.1 Å². The summed E-state index contributed by atoms with van der Waals surface area (Å²) >= 11 is 0. The van der Waals surface area contributed by atoms with Gasteiger partial charge >= 0.3 is 0 Å². The van der Waals surface area contributed by atoms with Crippen LogP contribution in [0.25, 0.3) is 0 Å². The number of hydrogen-bond donors (Lipinski definition) is 4. The minimum Gasteiger partial charge on any atom is -0.504 e. The van der Waals surface area contributed by atoms with Crippen LogP contribution in [0.5, 0.6) is 11.5 Å². The number of benzene rings is 1. The molecule has 0 amide bonds. The molecule has 31 heavy (non-hydrogen) atoms. The lowest BCUT2D eigenvalue weighted by atomic mass is 9.49. The van der Waals surface area contributed by atoms with Crippen molar-refractivity contribution in [3.8, 4) is 11.5 Å². The Morgan fingerprint density at radius 2 is 1.90 bits per heavy atom. The molecular formula is C24H35N3O4. The van der Waals surface area contributed by atoms with Gasteiger partial charge in [0.2, 0.25) is 11.8 Å². The Labute approximate surface area is 183 Å². The number of phenols is 2. The summed E-state index contributed by atoms with van der Waals surface area (Å²) < 4.78 is 6.23. The van der Waals surface area contributed by atoms with E-state index >= 15 is 0 Å². The molecule has 0 aliphatic heterocycles. The molecule has 7 heteroatoms. The Balaban J connectivity index is 1.96. The number of phenolic OH excluding ortho intramolecular Hbond substituents is 2. The second kappa shape index (κ2) is 7.78. The van der Waals surface area contributed by atoms with Gasteiger partial charge in [0, 0.05) is 11.1 Å². The van der Waals surface area contributed by atoms with Crippen molar-refractivity contribution in [1.82, 2.24) is 15.5 Å². The number of nitrogens with one attached hydrogen (secondary N) is 1. The third kappa shape index (κ3) is 3.33. The number of fused-ring (bicyclic) bond motifs is 3. The Bertz CT molecular complexity index is 968. The topological polar surface area (TPSA) is 112 Å². The number of aliphatic hydroxyl groups excluding tert-OH is 1. The molecule has 170 valence electrons. The molecule has 3 atom stereocenters. The van der Waals surface area contributed by atoms with E-state index in [2.05, 4.69) is 35.4 Å². The highest BCUT2D eigenvalue weighted by Crippen LogP contribution is 2.62. The maximum Gasteiger partial charge on any atom is 0.233 e. The van der Waals surface area contributed by atoms with Gasteiger partial charge in [-0.2, -0.15) is 0 Å². The van der Waals surface area contributed by atoms with E-state index in [-0.39, 0.29) is 41.5 Å². The normalized spacial score (nSPS) is 25.8. The first-order chi connectivity index (χ1) is 14.6. The SMILES string of the molecule is CC(C)c1cc2c(c(O)c1O)[C@@]1(c3nnc([C@H](C)NCO)o3)CCCC(C)(C)[C@@H]1CC2. The number of aromatic nitrogens is 2. The van der Waals surface area contributed by atoms with Crippen molar-refractivity contribution >= 4 is 0 Å².